The first kappa shape index (κ1) is 20.7. The van der Waals surface area contributed by atoms with E-state index in [4.69, 9.17) is 0 Å². The Balaban J connectivity index is 1.49. The fourth-order valence-electron chi connectivity index (χ4n) is 4.23. The molecule has 0 aliphatic carbocycles. The summed E-state index contributed by atoms with van der Waals surface area (Å²) < 4.78 is 0. The number of carbonyl (C=O) groups is 2. The monoisotopic (exact) mass is 385 g/mol. The molecule has 3 rings (SSSR count). The van der Waals surface area contributed by atoms with Crippen LogP contribution in [0.3, 0.4) is 0 Å². The molecule has 1 aromatic carbocycles. The van der Waals surface area contributed by atoms with Gasteiger partial charge in [0, 0.05) is 37.8 Å². The summed E-state index contributed by atoms with van der Waals surface area (Å²) in [5, 5.41) is 3.00. The van der Waals surface area contributed by atoms with Crippen LogP contribution in [0.5, 0.6) is 0 Å². The normalized spacial score (nSPS) is 21.5. The lowest BCUT2D eigenvalue weighted by atomic mass is 9.87. The number of piperidine rings is 2. The molecule has 5 heteroatoms. The molecule has 3 amide bonds. The van der Waals surface area contributed by atoms with Gasteiger partial charge in [-0.05, 0) is 54.7 Å². The molecule has 2 aliphatic heterocycles. The quantitative estimate of drug-likeness (QED) is 0.816. The third kappa shape index (κ3) is 5.06. The van der Waals surface area contributed by atoms with Crippen LogP contribution in [0.15, 0.2) is 24.3 Å². The summed E-state index contributed by atoms with van der Waals surface area (Å²) in [5.74, 6) is 0.970. The number of carbonyl (C=O) groups excluding carboxylic acids is 2. The third-order valence-electron chi connectivity index (χ3n) is 6.10. The Morgan fingerprint density at radius 2 is 1.61 bits per heavy atom. The molecule has 0 spiro atoms. The summed E-state index contributed by atoms with van der Waals surface area (Å²) in [6.45, 7) is 11.8. The summed E-state index contributed by atoms with van der Waals surface area (Å²) in [5.41, 5.74) is 2.17. The van der Waals surface area contributed by atoms with Gasteiger partial charge in [-0.15, -0.1) is 0 Å². The van der Waals surface area contributed by atoms with E-state index in [0.29, 0.717) is 24.9 Å². The Bertz CT molecular complexity index is 685. The molecular weight excluding hydrogens is 350 g/mol. The summed E-state index contributed by atoms with van der Waals surface area (Å²) in [6, 6.07) is 8.00. The second-order valence-corrected chi connectivity index (χ2v) is 9.55. The van der Waals surface area contributed by atoms with E-state index in [0.717, 1.165) is 38.0 Å². The number of amides is 3. The summed E-state index contributed by atoms with van der Waals surface area (Å²) in [4.78, 5) is 29.3. The lowest BCUT2D eigenvalue weighted by molar-refractivity contribution is -0.138. The molecule has 2 saturated heterocycles. The fourth-order valence-corrected chi connectivity index (χ4v) is 4.23. The van der Waals surface area contributed by atoms with Crippen LogP contribution in [0.1, 0.15) is 58.9 Å². The van der Waals surface area contributed by atoms with Crippen LogP contribution in [0.25, 0.3) is 0 Å². The first-order chi connectivity index (χ1) is 13.2. The highest BCUT2D eigenvalue weighted by Gasteiger charge is 2.31. The maximum Gasteiger partial charge on any atom is 0.321 e. The van der Waals surface area contributed by atoms with E-state index in [1.54, 1.807) is 0 Å². The Morgan fingerprint density at radius 1 is 0.964 bits per heavy atom. The highest BCUT2D eigenvalue weighted by Crippen LogP contribution is 2.25. The average molecular weight is 386 g/mol. The minimum Gasteiger partial charge on any atom is -0.342 e. The molecule has 0 bridgehead atoms. The van der Waals surface area contributed by atoms with Crippen LogP contribution in [-0.2, 0) is 10.2 Å². The zero-order valence-corrected chi connectivity index (χ0v) is 17.8. The van der Waals surface area contributed by atoms with E-state index in [1.165, 1.54) is 12.0 Å². The molecule has 1 N–H and O–H groups in total. The Hall–Kier alpha value is -2.04. The predicted octanol–water partition coefficient (Wildman–Crippen LogP) is 4.49. The molecule has 0 aromatic heterocycles. The van der Waals surface area contributed by atoms with Crippen LogP contribution in [0.4, 0.5) is 10.5 Å². The number of likely N-dealkylation sites (tertiary alicyclic amines) is 2. The van der Waals surface area contributed by atoms with E-state index in [1.807, 2.05) is 21.9 Å². The van der Waals surface area contributed by atoms with Crippen molar-refractivity contribution in [3.05, 3.63) is 29.8 Å². The largest absolute Gasteiger partial charge is 0.342 e. The summed E-state index contributed by atoms with van der Waals surface area (Å²) >= 11 is 0. The molecule has 1 atom stereocenters. The minimum absolute atomic E-state index is 0.0685. The number of nitrogens with zero attached hydrogens (tertiary/aromatic N) is 2. The van der Waals surface area contributed by atoms with Gasteiger partial charge in [0.1, 0.15) is 0 Å². The Morgan fingerprint density at radius 3 is 2.18 bits per heavy atom. The molecular formula is C23H35N3O2. The molecule has 5 nitrogen and oxygen atoms in total. The van der Waals surface area contributed by atoms with Gasteiger partial charge in [-0.1, -0.05) is 39.8 Å². The fraction of sp³-hybridized carbons (Fsp3) is 0.652. The van der Waals surface area contributed by atoms with Gasteiger partial charge < -0.3 is 15.1 Å². The van der Waals surface area contributed by atoms with Crippen molar-refractivity contribution in [3.8, 4) is 0 Å². The summed E-state index contributed by atoms with van der Waals surface area (Å²) in [7, 11) is 0. The smallest absolute Gasteiger partial charge is 0.321 e. The van der Waals surface area contributed by atoms with Crippen LogP contribution >= 0.6 is 0 Å². The maximum absolute atomic E-state index is 12.8. The van der Waals surface area contributed by atoms with Crippen molar-refractivity contribution < 1.29 is 9.59 Å². The molecule has 28 heavy (non-hydrogen) atoms. The van der Waals surface area contributed by atoms with Crippen molar-refractivity contribution in [2.45, 2.75) is 58.8 Å². The van der Waals surface area contributed by atoms with E-state index in [9.17, 15) is 9.59 Å². The molecule has 0 radical (unpaired) electrons. The molecule has 2 aliphatic rings. The van der Waals surface area contributed by atoms with Gasteiger partial charge >= 0.3 is 6.03 Å². The van der Waals surface area contributed by atoms with Gasteiger partial charge in [0.05, 0.1) is 0 Å². The Kier molecular flexibility index (Phi) is 6.31. The SMILES string of the molecule is CC1CCCN(C(=O)C2CCN(C(=O)Nc3ccc(C(C)(C)C)cc3)CC2)C1. The Labute approximate surface area is 169 Å². The van der Waals surface area contributed by atoms with E-state index < -0.39 is 0 Å². The van der Waals surface area contributed by atoms with E-state index in [-0.39, 0.29) is 17.4 Å². The molecule has 154 valence electrons. The van der Waals surface area contributed by atoms with Gasteiger partial charge in [-0.2, -0.15) is 0 Å². The number of hydrogen-bond acceptors (Lipinski definition) is 2. The first-order valence-electron chi connectivity index (χ1n) is 10.7. The van der Waals surface area contributed by atoms with Crippen LogP contribution in [0.2, 0.25) is 0 Å². The minimum atomic E-state index is -0.0685. The number of anilines is 1. The third-order valence-corrected chi connectivity index (χ3v) is 6.10. The standard InChI is InChI=1S/C23H35N3O2/c1-17-6-5-13-26(16-17)21(27)18-11-14-25(15-12-18)22(28)24-20-9-7-19(8-10-20)23(2,3)4/h7-10,17-18H,5-6,11-16H2,1-4H3,(H,24,28). The topological polar surface area (TPSA) is 52.7 Å². The highest BCUT2D eigenvalue weighted by atomic mass is 16.2. The lowest BCUT2D eigenvalue weighted by Gasteiger charge is -2.37. The zero-order valence-electron chi connectivity index (χ0n) is 17.8. The van der Waals surface area contributed by atoms with E-state index >= 15 is 0 Å². The van der Waals surface area contributed by atoms with Crippen molar-refractivity contribution in [1.82, 2.24) is 9.80 Å². The van der Waals surface area contributed by atoms with Crippen molar-refractivity contribution in [1.29, 1.82) is 0 Å². The highest BCUT2D eigenvalue weighted by molar-refractivity contribution is 5.89. The number of benzene rings is 1. The maximum atomic E-state index is 12.8. The van der Waals surface area contributed by atoms with Crippen molar-refractivity contribution in [2.75, 3.05) is 31.5 Å². The van der Waals surface area contributed by atoms with Crippen LogP contribution < -0.4 is 5.32 Å². The van der Waals surface area contributed by atoms with E-state index in [2.05, 4.69) is 45.1 Å². The van der Waals surface area contributed by atoms with Crippen molar-refractivity contribution in [3.63, 3.8) is 0 Å². The molecule has 2 fully saturated rings. The van der Waals surface area contributed by atoms with Gasteiger partial charge in [-0.25, -0.2) is 4.79 Å². The van der Waals surface area contributed by atoms with Gasteiger partial charge in [0.2, 0.25) is 5.91 Å². The number of hydrogen-bond donors (Lipinski definition) is 1. The zero-order chi connectivity index (χ0) is 20.3. The van der Waals surface area contributed by atoms with Gasteiger partial charge in [0.25, 0.3) is 0 Å². The van der Waals surface area contributed by atoms with Gasteiger partial charge in [-0.3, -0.25) is 4.79 Å². The molecule has 1 aromatic rings. The first-order valence-corrected chi connectivity index (χ1v) is 10.7. The molecule has 1 unspecified atom stereocenters. The van der Waals surface area contributed by atoms with Crippen LogP contribution in [-0.4, -0.2) is 47.9 Å². The second kappa shape index (κ2) is 8.54. The van der Waals surface area contributed by atoms with Crippen LogP contribution in [0, 0.1) is 11.8 Å². The number of rotatable bonds is 2. The van der Waals surface area contributed by atoms with Crippen molar-refractivity contribution in [2.24, 2.45) is 11.8 Å². The van der Waals surface area contributed by atoms with Crippen molar-refractivity contribution >= 4 is 17.6 Å². The lowest BCUT2D eigenvalue weighted by Crippen LogP contribution is -2.47. The second-order valence-electron chi connectivity index (χ2n) is 9.55. The van der Waals surface area contributed by atoms with Gasteiger partial charge in [0.15, 0.2) is 0 Å². The molecule has 2 heterocycles. The number of urea groups is 1. The molecule has 0 saturated carbocycles. The predicted molar refractivity (Wildman–Crippen MR) is 113 cm³/mol. The number of nitrogens with one attached hydrogen (secondary N) is 1. The average Bonchev–Trinajstić information content (AvgIpc) is 2.67. The summed E-state index contributed by atoms with van der Waals surface area (Å²) in [6.07, 6.45) is 3.86.